The van der Waals surface area contributed by atoms with Gasteiger partial charge in [0.25, 0.3) is 0 Å². The van der Waals surface area contributed by atoms with E-state index in [0.717, 1.165) is 57.9 Å². The van der Waals surface area contributed by atoms with Gasteiger partial charge < -0.3 is 15.0 Å². The predicted octanol–water partition coefficient (Wildman–Crippen LogP) is 2.90. The number of halogens is 2. The quantitative estimate of drug-likeness (QED) is 0.659. The SMILES string of the molecule is CN=C(NC1CC1c1c(F)cccc1F)N1CCC2(CCOCC2)C1. The molecule has 1 saturated carbocycles. The second-order valence-electron chi connectivity index (χ2n) is 7.56. The van der Waals surface area contributed by atoms with Crippen LogP contribution in [0.4, 0.5) is 8.78 Å². The van der Waals surface area contributed by atoms with Crippen molar-refractivity contribution in [2.24, 2.45) is 10.4 Å². The molecule has 0 aromatic heterocycles. The van der Waals surface area contributed by atoms with Crippen LogP contribution in [0.1, 0.15) is 37.2 Å². The molecule has 136 valence electrons. The lowest BCUT2D eigenvalue weighted by atomic mass is 9.80. The smallest absolute Gasteiger partial charge is 0.193 e. The maximum absolute atomic E-state index is 14.0. The Hall–Kier alpha value is -1.69. The zero-order valence-electron chi connectivity index (χ0n) is 14.6. The van der Waals surface area contributed by atoms with Gasteiger partial charge in [-0.2, -0.15) is 0 Å². The minimum atomic E-state index is -0.452. The van der Waals surface area contributed by atoms with Crippen molar-refractivity contribution in [2.45, 2.75) is 37.6 Å². The summed E-state index contributed by atoms with van der Waals surface area (Å²) in [5, 5.41) is 3.42. The number of benzene rings is 1. The van der Waals surface area contributed by atoms with Crippen LogP contribution in [-0.4, -0.2) is 50.3 Å². The summed E-state index contributed by atoms with van der Waals surface area (Å²) in [6, 6.07) is 4.13. The van der Waals surface area contributed by atoms with Crippen molar-refractivity contribution in [3.05, 3.63) is 35.4 Å². The molecule has 2 aliphatic heterocycles. The molecule has 1 aromatic carbocycles. The Bertz CT molecular complexity index is 652. The number of guanidine groups is 1. The monoisotopic (exact) mass is 349 g/mol. The largest absolute Gasteiger partial charge is 0.381 e. The lowest BCUT2D eigenvalue weighted by molar-refractivity contribution is 0.0217. The van der Waals surface area contributed by atoms with Crippen LogP contribution in [0.2, 0.25) is 0 Å². The van der Waals surface area contributed by atoms with Gasteiger partial charge >= 0.3 is 0 Å². The Labute approximate surface area is 147 Å². The van der Waals surface area contributed by atoms with Crippen LogP contribution in [0.15, 0.2) is 23.2 Å². The first-order valence-corrected chi connectivity index (χ1v) is 9.12. The van der Waals surface area contributed by atoms with E-state index in [0.29, 0.717) is 5.41 Å². The predicted molar refractivity (Wildman–Crippen MR) is 92.7 cm³/mol. The Kier molecular flexibility index (Phi) is 4.40. The standard InChI is InChI=1S/C19H25F2N3O/c1-22-18(24-8-5-19(12-24)6-9-25-10-7-19)23-16-11-13(16)17-14(20)3-2-4-15(17)21/h2-4,13,16H,5-12H2,1H3,(H,22,23). The van der Waals surface area contributed by atoms with E-state index in [2.05, 4.69) is 15.2 Å². The van der Waals surface area contributed by atoms with Gasteiger partial charge in [-0.15, -0.1) is 0 Å². The van der Waals surface area contributed by atoms with Crippen molar-refractivity contribution in [3.63, 3.8) is 0 Å². The van der Waals surface area contributed by atoms with Crippen molar-refractivity contribution < 1.29 is 13.5 Å². The third kappa shape index (κ3) is 3.24. The fourth-order valence-electron chi connectivity index (χ4n) is 4.33. The Morgan fingerprint density at radius 2 is 1.96 bits per heavy atom. The normalized spacial score (nSPS) is 28.4. The van der Waals surface area contributed by atoms with Crippen molar-refractivity contribution in [1.29, 1.82) is 0 Å². The summed E-state index contributed by atoms with van der Waals surface area (Å²) in [7, 11) is 1.78. The molecule has 6 heteroatoms. The van der Waals surface area contributed by atoms with Crippen LogP contribution < -0.4 is 5.32 Å². The first-order chi connectivity index (χ1) is 12.1. The molecular formula is C19H25F2N3O. The van der Waals surface area contributed by atoms with Gasteiger partial charge in [-0.25, -0.2) is 8.78 Å². The molecule has 4 rings (SSSR count). The minimum absolute atomic E-state index is 0.0522. The van der Waals surface area contributed by atoms with Gasteiger partial charge in [0.05, 0.1) is 0 Å². The first-order valence-electron chi connectivity index (χ1n) is 9.12. The van der Waals surface area contributed by atoms with E-state index < -0.39 is 11.6 Å². The van der Waals surface area contributed by atoms with Crippen molar-refractivity contribution in [1.82, 2.24) is 10.2 Å². The molecule has 0 bridgehead atoms. The van der Waals surface area contributed by atoms with Crippen LogP contribution in [0.3, 0.4) is 0 Å². The molecule has 0 amide bonds. The van der Waals surface area contributed by atoms with Gasteiger partial charge in [0.15, 0.2) is 5.96 Å². The highest BCUT2D eigenvalue weighted by Crippen LogP contribution is 2.44. The van der Waals surface area contributed by atoms with E-state index in [9.17, 15) is 8.78 Å². The van der Waals surface area contributed by atoms with Gasteiger partial charge in [-0.3, -0.25) is 4.99 Å². The second kappa shape index (κ2) is 6.56. The van der Waals surface area contributed by atoms with E-state index in [1.54, 1.807) is 7.05 Å². The van der Waals surface area contributed by atoms with Crippen molar-refractivity contribution in [2.75, 3.05) is 33.4 Å². The van der Waals surface area contributed by atoms with E-state index in [-0.39, 0.29) is 17.5 Å². The van der Waals surface area contributed by atoms with E-state index >= 15 is 0 Å². The summed E-state index contributed by atoms with van der Waals surface area (Å²) in [6.07, 6.45) is 4.11. The number of rotatable bonds is 2. The fraction of sp³-hybridized carbons (Fsp3) is 0.632. The molecule has 2 unspecified atom stereocenters. The van der Waals surface area contributed by atoms with E-state index in [4.69, 9.17) is 4.74 Å². The summed E-state index contributed by atoms with van der Waals surface area (Å²) < 4.78 is 33.4. The molecule has 2 saturated heterocycles. The van der Waals surface area contributed by atoms with Gasteiger partial charge in [0.2, 0.25) is 0 Å². The number of likely N-dealkylation sites (tertiary alicyclic amines) is 1. The number of ether oxygens (including phenoxy) is 1. The molecule has 2 heterocycles. The van der Waals surface area contributed by atoms with E-state index in [1.165, 1.54) is 18.2 Å². The molecule has 4 nitrogen and oxygen atoms in total. The molecular weight excluding hydrogens is 324 g/mol. The summed E-state index contributed by atoms with van der Waals surface area (Å²) in [6.45, 7) is 3.65. The minimum Gasteiger partial charge on any atom is -0.381 e. The zero-order chi connectivity index (χ0) is 17.4. The molecule has 3 fully saturated rings. The van der Waals surface area contributed by atoms with Crippen LogP contribution in [0, 0.1) is 17.0 Å². The highest BCUT2D eigenvalue weighted by Gasteiger charge is 2.45. The fourth-order valence-corrected chi connectivity index (χ4v) is 4.33. The average Bonchev–Trinajstić information content (AvgIpc) is 3.25. The molecule has 25 heavy (non-hydrogen) atoms. The van der Waals surface area contributed by atoms with Crippen LogP contribution in [-0.2, 0) is 4.74 Å². The van der Waals surface area contributed by atoms with E-state index in [1.807, 2.05) is 0 Å². The lowest BCUT2D eigenvalue weighted by Gasteiger charge is -2.33. The van der Waals surface area contributed by atoms with Gasteiger partial charge in [-0.1, -0.05) is 6.07 Å². The Morgan fingerprint density at radius 3 is 2.64 bits per heavy atom. The average molecular weight is 349 g/mol. The number of aliphatic imine (C=N–C) groups is 1. The summed E-state index contributed by atoms with van der Waals surface area (Å²) in [4.78, 5) is 6.70. The molecule has 1 spiro atoms. The molecule has 0 radical (unpaired) electrons. The molecule has 1 aromatic rings. The van der Waals surface area contributed by atoms with Crippen LogP contribution >= 0.6 is 0 Å². The van der Waals surface area contributed by atoms with Gasteiger partial charge in [-0.05, 0) is 43.2 Å². The topological polar surface area (TPSA) is 36.9 Å². The van der Waals surface area contributed by atoms with Gasteiger partial charge in [0, 0.05) is 50.9 Å². The number of hydrogen-bond donors (Lipinski definition) is 1. The number of hydrogen-bond acceptors (Lipinski definition) is 2. The van der Waals surface area contributed by atoms with Crippen LogP contribution in [0.5, 0.6) is 0 Å². The molecule has 1 N–H and O–H groups in total. The lowest BCUT2D eigenvalue weighted by Crippen LogP contribution is -2.43. The third-order valence-corrected chi connectivity index (χ3v) is 5.98. The second-order valence-corrected chi connectivity index (χ2v) is 7.56. The summed E-state index contributed by atoms with van der Waals surface area (Å²) >= 11 is 0. The number of nitrogens with one attached hydrogen (secondary N) is 1. The summed E-state index contributed by atoms with van der Waals surface area (Å²) in [5.41, 5.74) is 0.550. The molecule has 3 aliphatic rings. The highest BCUT2D eigenvalue weighted by atomic mass is 19.1. The molecule has 2 atom stereocenters. The molecule has 1 aliphatic carbocycles. The zero-order valence-corrected chi connectivity index (χ0v) is 14.6. The Balaban J connectivity index is 1.39. The van der Waals surface area contributed by atoms with Crippen molar-refractivity contribution in [3.8, 4) is 0 Å². The first kappa shape index (κ1) is 16.8. The Morgan fingerprint density at radius 1 is 1.24 bits per heavy atom. The van der Waals surface area contributed by atoms with Crippen LogP contribution in [0.25, 0.3) is 0 Å². The van der Waals surface area contributed by atoms with Crippen molar-refractivity contribution >= 4 is 5.96 Å². The highest BCUT2D eigenvalue weighted by molar-refractivity contribution is 5.81. The number of nitrogens with zero attached hydrogens (tertiary/aromatic N) is 2. The summed E-state index contributed by atoms with van der Waals surface area (Å²) in [5.74, 6) is -0.163. The maximum atomic E-state index is 14.0. The third-order valence-electron chi connectivity index (χ3n) is 5.98. The maximum Gasteiger partial charge on any atom is 0.193 e. The van der Waals surface area contributed by atoms with Gasteiger partial charge in [0.1, 0.15) is 11.6 Å².